The summed E-state index contributed by atoms with van der Waals surface area (Å²) in [5.74, 6) is 0.310. The van der Waals surface area contributed by atoms with E-state index in [1.807, 2.05) is 0 Å². The lowest BCUT2D eigenvalue weighted by molar-refractivity contribution is -0.153. The summed E-state index contributed by atoms with van der Waals surface area (Å²) in [6.45, 7) is 1.86. The number of benzene rings is 1. The van der Waals surface area contributed by atoms with Crippen molar-refractivity contribution in [2.24, 2.45) is 5.92 Å². The molecule has 4 rings (SSSR count). The fourth-order valence-electron chi connectivity index (χ4n) is 4.45. The van der Waals surface area contributed by atoms with Crippen molar-refractivity contribution in [3.63, 3.8) is 0 Å². The molecule has 1 aromatic heterocycles. The van der Waals surface area contributed by atoms with Gasteiger partial charge in [0.2, 0.25) is 0 Å². The Morgan fingerprint density at radius 2 is 1.94 bits per heavy atom. The Hall–Kier alpha value is -2.73. The van der Waals surface area contributed by atoms with Crippen molar-refractivity contribution in [1.29, 1.82) is 0 Å². The molecule has 2 saturated heterocycles. The van der Waals surface area contributed by atoms with Crippen LogP contribution in [0.3, 0.4) is 0 Å². The van der Waals surface area contributed by atoms with Gasteiger partial charge in [-0.2, -0.15) is 13.2 Å². The number of carboxylic acid groups (broad SMARTS) is 1. The Balaban J connectivity index is 1.31. The molecule has 2 aliphatic heterocycles. The maximum Gasteiger partial charge on any atom is 0.506 e. The molecule has 1 N–H and O–H groups in total. The third-order valence-electron chi connectivity index (χ3n) is 6.20. The molecule has 1 aromatic carbocycles. The summed E-state index contributed by atoms with van der Waals surface area (Å²) < 4.78 is 64.3. The van der Waals surface area contributed by atoms with Crippen LogP contribution in [0, 0.1) is 5.92 Å². The second kappa shape index (κ2) is 10.3. The Morgan fingerprint density at radius 3 is 2.62 bits per heavy atom. The lowest BCUT2D eigenvalue weighted by atomic mass is 9.91. The average Bonchev–Trinajstić information content (AvgIpc) is 3.20. The van der Waals surface area contributed by atoms with Gasteiger partial charge in [0, 0.05) is 19.4 Å². The number of fused-ring (bicyclic) bond motifs is 1. The van der Waals surface area contributed by atoms with E-state index in [1.165, 1.54) is 12.1 Å². The first kappa shape index (κ1) is 24.4. The number of piperidine rings is 1. The van der Waals surface area contributed by atoms with E-state index in [0.717, 1.165) is 25.9 Å². The van der Waals surface area contributed by atoms with E-state index >= 15 is 0 Å². The highest BCUT2D eigenvalue weighted by Crippen LogP contribution is 2.35. The SMILES string of the molecule is O=C(O)OC1(CN2CCC(COc3noc4cccc(OCC(F)(F)F)c34)CC2)CCOCC1. The summed E-state index contributed by atoms with van der Waals surface area (Å²) in [6, 6.07) is 4.53. The molecule has 2 aliphatic rings. The van der Waals surface area contributed by atoms with E-state index < -0.39 is 24.5 Å². The van der Waals surface area contributed by atoms with Crippen LogP contribution in [0.5, 0.6) is 11.6 Å². The minimum absolute atomic E-state index is 0.00100. The molecule has 0 bridgehead atoms. The lowest BCUT2D eigenvalue weighted by Gasteiger charge is -2.41. The first-order chi connectivity index (χ1) is 16.2. The van der Waals surface area contributed by atoms with Crippen molar-refractivity contribution in [1.82, 2.24) is 10.1 Å². The van der Waals surface area contributed by atoms with Gasteiger partial charge in [-0.1, -0.05) is 6.07 Å². The van der Waals surface area contributed by atoms with Gasteiger partial charge in [0.15, 0.2) is 12.2 Å². The average molecular weight is 488 g/mol. The van der Waals surface area contributed by atoms with Crippen LogP contribution in [0.2, 0.25) is 0 Å². The largest absolute Gasteiger partial charge is 0.506 e. The minimum Gasteiger partial charge on any atom is -0.483 e. The number of hydrogen-bond donors (Lipinski definition) is 1. The van der Waals surface area contributed by atoms with Crippen LogP contribution in [-0.2, 0) is 9.47 Å². The van der Waals surface area contributed by atoms with E-state index in [1.54, 1.807) is 6.07 Å². The fourth-order valence-corrected chi connectivity index (χ4v) is 4.45. The van der Waals surface area contributed by atoms with Crippen molar-refractivity contribution in [3.05, 3.63) is 18.2 Å². The van der Waals surface area contributed by atoms with Gasteiger partial charge in [0.1, 0.15) is 16.7 Å². The van der Waals surface area contributed by atoms with E-state index in [0.29, 0.717) is 39.2 Å². The number of carbonyl (C=O) groups is 1. The molecule has 12 heteroatoms. The summed E-state index contributed by atoms with van der Waals surface area (Å²) in [4.78, 5) is 13.4. The zero-order chi connectivity index (χ0) is 24.2. The molecule has 0 saturated carbocycles. The Labute approximate surface area is 193 Å². The molecule has 188 valence electrons. The Bertz CT molecular complexity index is 967. The molecule has 0 amide bonds. The number of likely N-dealkylation sites (tertiary alicyclic amines) is 1. The minimum atomic E-state index is -4.47. The topological polar surface area (TPSA) is 103 Å². The summed E-state index contributed by atoms with van der Waals surface area (Å²) in [5, 5.41) is 13.3. The molecule has 0 aliphatic carbocycles. The van der Waals surface area contributed by atoms with E-state index in [4.69, 9.17) is 28.6 Å². The molecular weight excluding hydrogens is 461 g/mol. The van der Waals surface area contributed by atoms with Crippen molar-refractivity contribution < 1.29 is 46.5 Å². The van der Waals surface area contributed by atoms with Crippen LogP contribution in [0.1, 0.15) is 25.7 Å². The molecule has 3 heterocycles. The van der Waals surface area contributed by atoms with E-state index in [9.17, 15) is 18.0 Å². The number of nitrogens with zero attached hydrogens (tertiary/aromatic N) is 2. The number of alkyl halides is 3. The third kappa shape index (κ3) is 6.23. The summed E-state index contributed by atoms with van der Waals surface area (Å²) in [7, 11) is 0. The van der Waals surface area contributed by atoms with Crippen molar-refractivity contribution in [2.45, 2.75) is 37.5 Å². The molecule has 0 unspecified atom stereocenters. The second-order valence-electron chi connectivity index (χ2n) is 8.71. The highest BCUT2D eigenvalue weighted by Gasteiger charge is 2.39. The van der Waals surface area contributed by atoms with E-state index in [2.05, 4.69) is 10.1 Å². The standard InChI is InChI=1S/C22H27F3N2O7/c23-22(24,25)14-32-16-2-1-3-17-18(16)19(26-34-17)31-12-15-4-8-27(9-5-15)13-21(33-20(28)29)6-10-30-11-7-21/h1-3,15H,4-14H2,(H,28,29). The molecule has 2 aromatic rings. The van der Waals surface area contributed by atoms with Gasteiger partial charge in [-0.05, 0) is 49.1 Å². The number of ether oxygens (including phenoxy) is 4. The second-order valence-corrected chi connectivity index (χ2v) is 8.71. The first-order valence-corrected chi connectivity index (χ1v) is 11.2. The van der Waals surface area contributed by atoms with Gasteiger partial charge in [-0.15, -0.1) is 0 Å². The van der Waals surface area contributed by atoms with Gasteiger partial charge in [0.05, 0.1) is 19.8 Å². The summed E-state index contributed by atoms with van der Waals surface area (Å²) in [5.41, 5.74) is -0.468. The van der Waals surface area contributed by atoms with Gasteiger partial charge in [0.25, 0.3) is 5.88 Å². The fraction of sp³-hybridized carbons (Fsp3) is 0.636. The number of rotatable bonds is 8. The molecule has 0 radical (unpaired) electrons. The van der Waals surface area contributed by atoms with Gasteiger partial charge in [-0.3, -0.25) is 4.90 Å². The zero-order valence-corrected chi connectivity index (χ0v) is 18.5. The van der Waals surface area contributed by atoms with Crippen molar-refractivity contribution in [3.8, 4) is 11.6 Å². The van der Waals surface area contributed by atoms with Crippen LogP contribution in [-0.4, -0.2) is 79.2 Å². The Morgan fingerprint density at radius 1 is 1.21 bits per heavy atom. The Kier molecular flexibility index (Phi) is 7.36. The van der Waals surface area contributed by atoms with Gasteiger partial charge >= 0.3 is 12.3 Å². The summed E-state index contributed by atoms with van der Waals surface area (Å²) in [6.07, 6.45) is -3.06. The highest BCUT2D eigenvalue weighted by molar-refractivity contribution is 5.88. The molecule has 9 nitrogen and oxygen atoms in total. The predicted molar refractivity (Wildman–Crippen MR) is 112 cm³/mol. The van der Waals surface area contributed by atoms with Crippen LogP contribution in [0.4, 0.5) is 18.0 Å². The normalized spacial score (nSPS) is 19.7. The van der Waals surface area contributed by atoms with Crippen LogP contribution in [0.25, 0.3) is 11.0 Å². The number of halogens is 3. The predicted octanol–water partition coefficient (Wildman–Crippen LogP) is 4.10. The summed E-state index contributed by atoms with van der Waals surface area (Å²) >= 11 is 0. The van der Waals surface area contributed by atoms with Gasteiger partial charge in [-0.25, -0.2) is 4.79 Å². The lowest BCUT2D eigenvalue weighted by Crippen LogP contribution is -2.51. The van der Waals surface area contributed by atoms with Crippen LogP contribution in [0.15, 0.2) is 22.7 Å². The maximum absolute atomic E-state index is 12.6. The van der Waals surface area contributed by atoms with Crippen LogP contribution >= 0.6 is 0 Å². The number of aromatic nitrogens is 1. The zero-order valence-electron chi connectivity index (χ0n) is 18.5. The van der Waals surface area contributed by atoms with Crippen molar-refractivity contribution in [2.75, 3.05) is 46.1 Å². The van der Waals surface area contributed by atoms with E-state index in [-0.39, 0.29) is 28.5 Å². The molecule has 34 heavy (non-hydrogen) atoms. The maximum atomic E-state index is 12.6. The quantitative estimate of drug-likeness (QED) is 0.550. The number of hydrogen-bond acceptors (Lipinski definition) is 8. The third-order valence-corrected chi connectivity index (χ3v) is 6.20. The molecule has 0 atom stereocenters. The highest BCUT2D eigenvalue weighted by atomic mass is 19.4. The van der Waals surface area contributed by atoms with Crippen molar-refractivity contribution >= 4 is 17.1 Å². The molecule has 2 fully saturated rings. The smallest absolute Gasteiger partial charge is 0.483 e. The first-order valence-electron chi connectivity index (χ1n) is 11.2. The van der Waals surface area contributed by atoms with Gasteiger partial charge < -0.3 is 28.6 Å². The molecular formula is C22H27F3N2O7. The monoisotopic (exact) mass is 488 g/mol. The van der Waals surface area contributed by atoms with Crippen LogP contribution < -0.4 is 9.47 Å². The molecule has 0 spiro atoms.